The Morgan fingerprint density at radius 1 is 1.36 bits per heavy atom. The molecule has 0 atom stereocenters. The van der Waals surface area contributed by atoms with E-state index in [9.17, 15) is 20.0 Å². The number of nitro groups is 1. The SMILES string of the molecule is Cc1c(N2CCN3CCC2CC3)ncc([N+](=O)[O-])c1C(=O)O. The maximum Gasteiger partial charge on any atom is 0.343 e. The third kappa shape index (κ3) is 2.39. The molecule has 4 rings (SSSR count). The fourth-order valence-electron chi connectivity index (χ4n) is 3.45. The van der Waals surface area contributed by atoms with Gasteiger partial charge in [0.05, 0.1) is 4.92 Å². The van der Waals surface area contributed by atoms with Gasteiger partial charge < -0.3 is 14.9 Å². The van der Waals surface area contributed by atoms with Crippen LogP contribution < -0.4 is 4.90 Å². The Morgan fingerprint density at radius 2 is 2.05 bits per heavy atom. The molecule has 4 heterocycles. The lowest BCUT2D eigenvalue weighted by molar-refractivity contribution is -0.385. The number of rotatable bonds is 3. The average molecular weight is 306 g/mol. The fourth-order valence-corrected chi connectivity index (χ4v) is 3.45. The lowest BCUT2D eigenvalue weighted by Gasteiger charge is -2.33. The van der Waals surface area contributed by atoms with Crippen molar-refractivity contribution in [2.75, 3.05) is 31.1 Å². The standard InChI is InChI=1S/C14H18N4O4/c1-9-12(14(19)20)11(18(21)22)8-15-13(9)17-7-6-16-4-2-10(17)3-5-16/h8,10H,2-7H2,1H3,(H,19,20). The van der Waals surface area contributed by atoms with Gasteiger partial charge in [-0.2, -0.15) is 0 Å². The molecule has 22 heavy (non-hydrogen) atoms. The van der Waals surface area contributed by atoms with E-state index in [1.54, 1.807) is 6.92 Å². The number of anilines is 1. The second-order valence-electron chi connectivity index (χ2n) is 5.80. The van der Waals surface area contributed by atoms with Crippen LogP contribution in [0.3, 0.4) is 0 Å². The molecule has 1 aromatic rings. The highest BCUT2D eigenvalue weighted by atomic mass is 16.6. The van der Waals surface area contributed by atoms with E-state index in [1.807, 2.05) is 0 Å². The first kappa shape index (κ1) is 14.7. The number of piperidine rings is 1. The van der Waals surface area contributed by atoms with Gasteiger partial charge in [-0.15, -0.1) is 0 Å². The minimum Gasteiger partial charge on any atom is -0.477 e. The van der Waals surface area contributed by atoms with Crippen LogP contribution in [0.2, 0.25) is 0 Å². The van der Waals surface area contributed by atoms with Crippen LogP contribution >= 0.6 is 0 Å². The summed E-state index contributed by atoms with van der Waals surface area (Å²) in [5.74, 6) is -0.715. The topological polar surface area (TPSA) is 99.8 Å². The van der Waals surface area contributed by atoms with Crippen LogP contribution in [-0.2, 0) is 0 Å². The maximum atomic E-state index is 11.5. The molecule has 3 aliphatic rings. The van der Waals surface area contributed by atoms with Crippen molar-refractivity contribution in [3.05, 3.63) is 27.4 Å². The van der Waals surface area contributed by atoms with E-state index in [1.165, 1.54) is 0 Å². The van der Waals surface area contributed by atoms with E-state index in [0.29, 0.717) is 17.4 Å². The fraction of sp³-hybridized carbons (Fsp3) is 0.571. The van der Waals surface area contributed by atoms with Crippen molar-refractivity contribution >= 4 is 17.5 Å². The van der Waals surface area contributed by atoms with Gasteiger partial charge in [0.1, 0.15) is 17.6 Å². The summed E-state index contributed by atoms with van der Waals surface area (Å²) >= 11 is 0. The molecule has 2 bridgehead atoms. The Hall–Kier alpha value is -2.22. The van der Waals surface area contributed by atoms with Crippen molar-refractivity contribution in [3.63, 3.8) is 0 Å². The molecule has 0 aromatic carbocycles. The Kier molecular flexibility index (Phi) is 3.69. The Morgan fingerprint density at radius 3 is 2.64 bits per heavy atom. The number of pyridine rings is 1. The van der Waals surface area contributed by atoms with Gasteiger partial charge in [-0.05, 0) is 19.8 Å². The van der Waals surface area contributed by atoms with Crippen LogP contribution in [0.5, 0.6) is 0 Å². The van der Waals surface area contributed by atoms with E-state index in [2.05, 4.69) is 14.8 Å². The molecule has 118 valence electrons. The van der Waals surface area contributed by atoms with E-state index in [4.69, 9.17) is 0 Å². The molecule has 3 aliphatic heterocycles. The van der Waals surface area contributed by atoms with Gasteiger partial charge in [-0.3, -0.25) is 10.1 Å². The van der Waals surface area contributed by atoms with Crippen LogP contribution in [0.15, 0.2) is 6.20 Å². The number of aromatic nitrogens is 1. The second-order valence-corrected chi connectivity index (χ2v) is 5.80. The van der Waals surface area contributed by atoms with Crippen molar-refractivity contribution < 1.29 is 14.8 Å². The van der Waals surface area contributed by atoms with E-state index in [-0.39, 0.29) is 5.56 Å². The number of carbonyl (C=O) groups is 1. The molecule has 0 saturated carbocycles. The number of carboxylic acids is 1. The predicted octanol–water partition coefficient (Wildman–Crippen LogP) is 1.28. The summed E-state index contributed by atoms with van der Waals surface area (Å²) in [6, 6.07) is 0.327. The highest BCUT2D eigenvalue weighted by Crippen LogP contribution is 2.32. The molecule has 0 unspecified atom stereocenters. The first-order valence-electron chi connectivity index (χ1n) is 7.35. The zero-order valence-electron chi connectivity index (χ0n) is 12.4. The van der Waals surface area contributed by atoms with Crippen molar-refractivity contribution in [3.8, 4) is 0 Å². The third-order valence-corrected chi connectivity index (χ3v) is 4.61. The molecule has 1 N–H and O–H groups in total. The number of nitrogens with zero attached hydrogens (tertiary/aromatic N) is 4. The number of carboxylic acid groups (broad SMARTS) is 1. The van der Waals surface area contributed by atoms with E-state index >= 15 is 0 Å². The van der Waals surface area contributed by atoms with Crippen molar-refractivity contribution in [2.45, 2.75) is 25.8 Å². The molecule has 1 aromatic heterocycles. The summed E-state index contributed by atoms with van der Waals surface area (Å²) in [6.07, 6.45) is 3.10. The van der Waals surface area contributed by atoms with Gasteiger partial charge >= 0.3 is 11.7 Å². The van der Waals surface area contributed by atoms with Crippen molar-refractivity contribution in [1.82, 2.24) is 9.88 Å². The van der Waals surface area contributed by atoms with Gasteiger partial charge in [0.2, 0.25) is 0 Å². The van der Waals surface area contributed by atoms with Gasteiger partial charge in [-0.25, -0.2) is 9.78 Å². The number of aromatic carboxylic acids is 1. The number of hydrogen-bond acceptors (Lipinski definition) is 6. The smallest absolute Gasteiger partial charge is 0.343 e. The minimum atomic E-state index is -1.28. The minimum absolute atomic E-state index is 0.255. The summed E-state index contributed by atoms with van der Waals surface area (Å²) < 4.78 is 0. The Bertz CT molecular complexity index is 626. The maximum absolute atomic E-state index is 11.5. The summed E-state index contributed by atoms with van der Waals surface area (Å²) in [7, 11) is 0. The third-order valence-electron chi connectivity index (χ3n) is 4.61. The zero-order chi connectivity index (χ0) is 15.9. The highest BCUT2D eigenvalue weighted by Gasteiger charge is 2.33. The summed E-state index contributed by atoms with van der Waals surface area (Å²) in [4.78, 5) is 30.5. The molecule has 0 radical (unpaired) electrons. The summed E-state index contributed by atoms with van der Waals surface area (Å²) in [5.41, 5.74) is -0.326. The van der Waals surface area contributed by atoms with Crippen molar-refractivity contribution in [1.29, 1.82) is 0 Å². The van der Waals surface area contributed by atoms with Gasteiger partial charge in [0, 0.05) is 37.8 Å². The van der Waals surface area contributed by atoms with Crippen LogP contribution in [0.25, 0.3) is 0 Å². The van der Waals surface area contributed by atoms with Gasteiger partial charge in [0.25, 0.3) is 0 Å². The van der Waals surface area contributed by atoms with Crippen LogP contribution in [0.4, 0.5) is 11.5 Å². The highest BCUT2D eigenvalue weighted by molar-refractivity contribution is 5.95. The van der Waals surface area contributed by atoms with Crippen LogP contribution in [0.1, 0.15) is 28.8 Å². The van der Waals surface area contributed by atoms with Crippen molar-refractivity contribution in [2.24, 2.45) is 0 Å². The summed E-state index contributed by atoms with van der Waals surface area (Å²) in [5, 5.41) is 20.4. The van der Waals surface area contributed by atoms with Gasteiger partial charge in [0.15, 0.2) is 0 Å². The average Bonchev–Trinajstić information content (AvgIpc) is 2.80. The quantitative estimate of drug-likeness (QED) is 0.663. The molecule has 8 nitrogen and oxygen atoms in total. The normalized spacial score (nSPS) is 24.1. The molecule has 0 amide bonds. The molecular formula is C14H18N4O4. The molecule has 0 aliphatic carbocycles. The monoisotopic (exact) mass is 306 g/mol. The van der Waals surface area contributed by atoms with Crippen LogP contribution in [0, 0.1) is 17.0 Å². The number of hydrogen-bond donors (Lipinski definition) is 1. The molecular weight excluding hydrogens is 288 g/mol. The first-order chi connectivity index (χ1) is 10.5. The van der Waals surface area contributed by atoms with E-state index in [0.717, 1.165) is 45.2 Å². The molecule has 3 fully saturated rings. The van der Waals surface area contributed by atoms with Crippen LogP contribution in [-0.4, -0.2) is 58.1 Å². The Labute approximate surface area is 127 Å². The molecule has 8 heteroatoms. The molecule has 0 spiro atoms. The summed E-state index contributed by atoms with van der Waals surface area (Å²) in [6.45, 7) is 5.38. The lowest BCUT2D eigenvalue weighted by Crippen LogP contribution is -2.38. The number of fused-ring (bicyclic) bond motifs is 4. The first-order valence-corrected chi connectivity index (χ1v) is 7.35. The van der Waals surface area contributed by atoms with Gasteiger partial charge in [-0.1, -0.05) is 0 Å². The largest absolute Gasteiger partial charge is 0.477 e. The predicted molar refractivity (Wildman–Crippen MR) is 79.4 cm³/mol. The van der Waals surface area contributed by atoms with E-state index < -0.39 is 16.6 Å². The lowest BCUT2D eigenvalue weighted by atomic mass is 10.0. The Balaban J connectivity index is 2.06. The molecule has 3 saturated heterocycles. The zero-order valence-corrected chi connectivity index (χ0v) is 12.4. The second kappa shape index (κ2) is 5.53.